The molecule has 188 valence electrons. The van der Waals surface area contributed by atoms with E-state index in [1.807, 2.05) is 0 Å². The molecule has 0 aromatic heterocycles. The Morgan fingerprint density at radius 3 is 0.903 bits per heavy atom. The highest BCUT2D eigenvalue weighted by atomic mass is 31.2. The highest BCUT2D eigenvalue weighted by molar-refractivity contribution is 7.75. The SMILES string of the molecule is CCCCCCCCCCC[P+](CCCCCCCCCCC)(CC(C)C)CC(C)C. The van der Waals surface area contributed by atoms with Gasteiger partial charge in [0.15, 0.2) is 0 Å². The van der Waals surface area contributed by atoms with Crippen LogP contribution in [0.1, 0.15) is 157 Å². The topological polar surface area (TPSA) is 0 Å². The summed E-state index contributed by atoms with van der Waals surface area (Å²) in [5.74, 6) is 1.79. The monoisotopic (exact) mass is 455 g/mol. The molecule has 0 aromatic carbocycles. The second-order valence-electron chi connectivity index (χ2n) is 11.6. The second kappa shape index (κ2) is 22.2. The summed E-state index contributed by atoms with van der Waals surface area (Å²) in [4.78, 5) is 0. The van der Waals surface area contributed by atoms with E-state index in [2.05, 4.69) is 41.5 Å². The molecule has 0 fully saturated rings. The van der Waals surface area contributed by atoms with Crippen LogP contribution in [0.15, 0.2) is 0 Å². The minimum atomic E-state index is -0.749. The Morgan fingerprint density at radius 1 is 0.387 bits per heavy atom. The molecule has 31 heavy (non-hydrogen) atoms. The van der Waals surface area contributed by atoms with Crippen molar-refractivity contribution < 1.29 is 0 Å². The van der Waals surface area contributed by atoms with Crippen molar-refractivity contribution in [1.29, 1.82) is 0 Å². The van der Waals surface area contributed by atoms with Crippen molar-refractivity contribution in [3.05, 3.63) is 0 Å². The van der Waals surface area contributed by atoms with Gasteiger partial charge in [0.1, 0.15) is 0 Å². The van der Waals surface area contributed by atoms with Crippen LogP contribution in [-0.2, 0) is 0 Å². The molecule has 0 amide bonds. The van der Waals surface area contributed by atoms with Gasteiger partial charge < -0.3 is 0 Å². The fourth-order valence-corrected chi connectivity index (χ4v) is 11.6. The Labute approximate surface area is 200 Å². The van der Waals surface area contributed by atoms with Crippen LogP contribution in [0.2, 0.25) is 0 Å². The zero-order chi connectivity index (χ0) is 23.2. The van der Waals surface area contributed by atoms with E-state index in [1.54, 1.807) is 24.6 Å². The van der Waals surface area contributed by atoms with Gasteiger partial charge in [0.2, 0.25) is 0 Å². The fourth-order valence-electron chi connectivity index (χ4n) is 5.62. The van der Waals surface area contributed by atoms with E-state index in [9.17, 15) is 0 Å². The lowest BCUT2D eigenvalue weighted by atomic mass is 10.1. The number of hydrogen-bond acceptors (Lipinski definition) is 0. The molecule has 0 rings (SSSR count). The molecule has 0 aliphatic carbocycles. The van der Waals surface area contributed by atoms with Crippen molar-refractivity contribution >= 4 is 7.26 Å². The molecule has 0 saturated heterocycles. The van der Waals surface area contributed by atoms with Gasteiger partial charge in [-0.25, -0.2) is 0 Å². The smallest absolute Gasteiger partial charge is 0.0617 e. The first-order valence-electron chi connectivity index (χ1n) is 14.8. The lowest BCUT2D eigenvalue weighted by Gasteiger charge is -2.31. The molecular formula is C30H64P+. The van der Waals surface area contributed by atoms with Crippen LogP contribution in [0.25, 0.3) is 0 Å². The van der Waals surface area contributed by atoms with E-state index in [1.165, 1.54) is 116 Å². The van der Waals surface area contributed by atoms with Crippen molar-refractivity contribution in [3.8, 4) is 0 Å². The molecular weight excluding hydrogens is 391 g/mol. The number of unbranched alkanes of at least 4 members (excludes halogenated alkanes) is 16. The van der Waals surface area contributed by atoms with E-state index in [4.69, 9.17) is 0 Å². The maximum atomic E-state index is 2.49. The van der Waals surface area contributed by atoms with Crippen LogP contribution < -0.4 is 0 Å². The standard InChI is InChI=1S/C30H64P/c1-7-9-11-13-15-17-19-21-23-25-31(27-29(3)4,28-30(5)6)26-24-22-20-18-16-14-12-10-8-2/h29-30H,7-28H2,1-6H3/q+1. The van der Waals surface area contributed by atoms with E-state index in [0.717, 1.165) is 11.8 Å². The van der Waals surface area contributed by atoms with E-state index < -0.39 is 7.26 Å². The van der Waals surface area contributed by atoms with Crippen LogP contribution in [0, 0.1) is 11.8 Å². The maximum Gasteiger partial charge on any atom is 0.0617 e. The third kappa shape index (κ3) is 20.7. The summed E-state index contributed by atoms with van der Waals surface area (Å²) >= 11 is 0. The Hall–Kier alpha value is 0.430. The summed E-state index contributed by atoms with van der Waals surface area (Å²) in [5.41, 5.74) is 0. The van der Waals surface area contributed by atoms with Crippen LogP contribution >= 0.6 is 7.26 Å². The summed E-state index contributed by atoms with van der Waals surface area (Å²) < 4.78 is 0. The van der Waals surface area contributed by atoms with Gasteiger partial charge in [0, 0.05) is 7.26 Å². The van der Waals surface area contributed by atoms with Gasteiger partial charge in [-0.05, 0) is 37.5 Å². The van der Waals surface area contributed by atoms with Gasteiger partial charge in [0.05, 0.1) is 24.6 Å². The van der Waals surface area contributed by atoms with E-state index >= 15 is 0 Å². The van der Waals surface area contributed by atoms with Crippen LogP contribution in [0.3, 0.4) is 0 Å². The molecule has 0 saturated carbocycles. The molecule has 0 heterocycles. The highest BCUT2D eigenvalue weighted by Crippen LogP contribution is 2.62. The van der Waals surface area contributed by atoms with Crippen molar-refractivity contribution in [2.75, 3.05) is 24.6 Å². The average Bonchev–Trinajstić information content (AvgIpc) is 2.70. The van der Waals surface area contributed by atoms with Gasteiger partial charge in [0.25, 0.3) is 0 Å². The first-order chi connectivity index (χ1) is 15.0. The van der Waals surface area contributed by atoms with E-state index in [0.29, 0.717) is 0 Å². The minimum Gasteiger partial charge on any atom is -0.0654 e. The zero-order valence-corrected chi connectivity index (χ0v) is 24.1. The Balaban J connectivity index is 4.27. The zero-order valence-electron chi connectivity index (χ0n) is 23.2. The summed E-state index contributed by atoms with van der Waals surface area (Å²) in [5, 5.41) is 0. The normalized spacial score (nSPS) is 12.4. The second-order valence-corrected chi connectivity index (χ2v) is 15.9. The lowest BCUT2D eigenvalue weighted by Crippen LogP contribution is -2.18. The van der Waals surface area contributed by atoms with Crippen molar-refractivity contribution in [1.82, 2.24) is 0 Å². The molecule has 0 N–H and O–H groups in total. The molecule has 0 atom stereocenters. The summed E-state index contributed by atoms with van der Waals surface area (Å²) in [6.07, 6.45) is 32.8. The van der Waals surface area contributed by atoms with Gasteiger partial charge >= 0.3 is 0 Å². The predicted molar refractivity (Wildman–Crippen MR) is 151 cm³/mol. The van der Waals surface area contributed by atoms with Crippen molar-refractivity contribution in [3.63, 3.8) is 0 Å². The molecule has 0 unspecified atom stereocenters. The Bertz CT molecular complexity index is 312. The Morgan fingerprint density at radius 2 is 0.645 bits per heavy atom. The molecule has 0 aromatic rings. The third-order valence-corrected chi connectivity index (χ3v) is 12.5. The van der Waals surface area contributed by atoms with Crippen molar-refractivity contribution in [2.45, 2.75) is 157 Å². The molecule has 0 radical (unpaired) electrons. The van der Waals surface area contributed by atoms with Crippen molar-refractivity contribution in [2.24, 2.45) is 11.8 Å². The molecule has 1 heteroatoms. The lowest BCUT2D eigenvalue weighted by molar-refractivity contribution is 0.569. The molecule has 0 nitrogen and oxygen atoms in total. The number of hydrogen-bond donors (Lipinski definition) is 0. The third-order valence-electron chi connectivity index (χ3n) is 6.98. The largest absolute Gasteiger partial charge is 0.0654 e. The molecule has 0 aliphatic heterocycles. The summed E-state index contributed by atoms with van der Waals surface area (Å²) in [6, 6.07) is 0. The number of rotatable bonds is 24. The first-order valence-corrected chi connectivity index (χ1v) is 17.3. The fraction of sp³-hybridized carbons (Fsp3) is 1.00. The van der Waals surface area contributed by atoms with Crippen LogP contribution in [-0.4, -0.2) is 24.6 Å². The maximum absolute atomic E-state index is 2.49. The Kier molecular flexibility index (Phi) is 22.5. The van der Waals surface area contributed by atoms with E-state index in [-0.39, 0.29) is 0 Å². The predicted octanol–water partition coefficient (Wildman–Crippen LogP) is 11.4. The first kappa shape index (κ1) is 31.4. The molecule has 0 spiro atoms. The van der Waals surface area contributed by atoms with Gasteiger partial charge in [-0.3, -0.25) is 0 Å². The molecule has 0 bridgehead atoms. The van der Waals surface area contributed by atoms with Crippen LogP contribution in [0.4, 0.5) is 0 Å². The average molecular weight is 456 g/mol. The van der Waals surface area contributed by atoms with Gasteiger partial charge in [-0.1, -0.05) is 131 Å². The highest BCUT2D eigenvalue weighted by Gasteiger charge is 2.37. The minimum absolute atomic E-state index is 0.749. The van der Waals surface area contributed by atoms with Gasteiger partial charge in [-0.2, -0.15) is 0 Å². The molecule has 0 aliphatic rings. The van der Waals surface area contributed by atoms with Crippen LogP contribution in [0.5, 0.6) is 0 Å². The van der Waals surface area contributed by atoms with Gasteiger partial charge in [-0.15, -0.1) is 0 Å². The summed E-state index contributed by atoms with van der Waals surface area (Å²) in [6.45, 7) is 14.6. The quantitative estimate of drug-likeness (QED) is 0.100. The summed E-state index contributed by atoms with van der Waals surface area (Å²) in [7, 11) is -0.749.